The standard InChI is InChI=1S/C23H30FN7/c1-16(2)15-20(26-4)27-22-19-7-6-13-31(19)29-23(28-22)21(30(5)14-12-25-3)17-8-10-18(24)11-9-17/h6-11,13,15,21,25H,12,14H2,1-5H3,(H,26,27,28,29). The molecule has 2 heterocycles. The molecule has 7 nitrogen and oxygen atoms in total. The van der Waals surface area contributed by atoms with Crippen molar-refractivity contribution < 1.29 is 4.39 Å². The molecule has 31 heavy (non-hydrogen) atoms. The predicted octanol–water partition coefficient (Wildman–Crippen LogP) is 3.52. The van der Waals surface area contributed by atoms with Gasteiger partial charge in [-0.05, 0) is 63.8 Å². The van der Waals surface area contributed by atoms with E-state index in [1.807, 2.05) is 56.9 Å². The zero-order valence-corrected chi connectivity index (χ0v) is 18.7. The Morgan fingerprint density at radius 3 is 2.65 bits per heavy atom. The topological polar surface area (TPSA) is 69.8 Å². The number of amidine groups is 1. The molecule has 2 N–H and O–H groups in total. The van der Waals surface area contributed by atoms with Crippen molar-refractivity contribution in [2.45, 2.75) is 19.9 Å². The summed E-state index contributed by atoms with van der Waals surface area (Å²) in [5.74, 6) is 1.73. The molecule has 1 atom stereocenters. The lowest BCUT2D eigenvalue weighted by atomic mass is 10.0. The minimum absolute atomic E-state index is 0.244. The summed E-state index contributed by atoms with van der Waals surface area (Å²) in [6.07, 6.45) is 3.86. The summed E-state index contributed by atoms with van der Waals surface area (Å²) < 4.78 is 15.4. The van der Waals surface area contributed by atoms with Gasteiger partial charge in [0.15, 0.2) is 11.6 Å². The first-order valence-electron chi connectivity index (χ1n) is 10.3. The first-order valence-corrected chi connectivity index (χ1v) is 10.3. The van der Waals surface area contributed by atoms with Crippen molar-refractivity contribution in [3.63, 3.8) is 0 Å². The van der Waals surface area contributed by atoms with E-state index in [1.54, 1.807) is 19.2 Å². The summed E-state index contributed by atoms with van der Waals surface area (Å²) in [4.78, 5) is 11.4. The molecule has 0 amide bonds. The van der Waals surface area contributed by atoms with Crippen molar-refractivity contribution >= 4 is 17.2 Å². The van der Waals surface area contributed by atoms with Gasteiger partial charge < -0.3 is 10.6 Å². The van der Waals surface area contributed by atoms with Crippen molar-refractivity contribution in [3.05, 3.63) is 71.4 Å². The lowest BCUT2D eigenvalue weighted by Gasteiger charge is -2.27. The highest BCUT2D eigenvalue weighted by Gasteiger charge is 2.24. The number of halogens is 1. The lowest BCUT2D eigenvalue weighted by Crippen LogP contribution is -2.33. The zero-order valence-electron chi connectivity index (χ0n) is 18.7. The maximum atomic E-state index is 13.6. The summed E-state index contributed by atoms with van der Waals surface area (Å²) in [7, 11) is 5.68. The minimum atomic E-state index is -0.268. The number of nitrogens with one attached hydrogen (secondary N) is 2. The Morgan fingerprint density at radius 2 is 2.00 bits per heavy atom. The van der Waals surface area contributed by atoms with E-state index in [0.29, 0.717) is 11.6 Å². The highest BCUT2D eigenvalue weighted by Crippen LogP contribution is 2.27. The van der Waals surface area contributed by atoms with E-state index >= 15 is 0 Å². The van der Waals surface area contributed by atoms with E-state index in [9.17, 15) is 4.39 Å². The summed E-state index contributed by atoms with van der Waals surface area (Å²) in [6.45, 7) is 5.62. The van der Waals surface area contributed by atoms with Crippen LogP contribution in [0.4, 0.5) is 10.2 Å². The van der Waals surface area contributed by atoms with Crippen LogP contribution >= 0.6 is 0 Å². The molecule has 1 unspecified atom stereocenters. The Kier molecular flexibility index (Phi) is 7.49. The van der Waals surface area contributed by atoms with Crippen LogP contribution in [0.25, 0.3) is 5.52 Å². The number of anilines is 1. The zero-order chi connectivity index (χ0) is 22.4. The third-order valence-electron chi connectivity index (χ3n) is 4.91. The highest BCUT2D eigenvalue weighted by molar-refractivity contribution is 6.05. The second kappa shape index (κ2) is 10.3. The number of nitrogens with zero attached hydrogens (tertiary/aromatic N) is 5. The monoisotopic (exact) mass is 423 g/mol. The predicted molar refractivity (Wildman–Crippen MR) is 124 cm³/mol. The molecule has 0 spiro atoms. The number of hydrogen-bond donors (Lipinski definition) is 2. The van der Waals surface area contributed by atoms with Crippen molar-refractivity contribution in [1.82, 2.24) is 24.8 Å². The van der Waals surface area contributed by atoms with E-state index < -0.39 is 0 Å². The second-order valence-electron chi connectivity index (χ2n) is 7.65. The van der Waals surface area contributed by atoms with E-state index in [1.165, 1.54) is 12.1 Å². The van der Waals surface area contributed by atoms with Gasteiger partial charge in [0.25, 0.3) is 0 Å². The van der Waals surface area contributed by atoms with Crippen LogP contribution in [0.2, 0.25) is 0 Å². The van der Waals surface area contributed by atoms with Gasteiger partial charge in [0.05, 0.1) is 6.04 Å². The highest BCUT2D eigenvalue weighted by atomic mass is 19.1. The Balaban J connectivity index is 2.10. The van der Waals surface area contributed by atoms with Crippen LogP contribution in [0, 0.1) is 5.82 Å². The Labute approximate surface area is 182 Å². The summed E-state index contributed by atoms with van der Waals surface area (Å²) >= 11 is 0. The first-order chi connectivity index (χ1) is 14.9. The number of allylic oxidation sites excluding steroid dienone is 1. The van der Waals surface area contributed by atoms with Gasteiger partial charge in [-0.15, -0.1) is 0 Å². The van der Waals surface area contributed by atoms with Gasteiger partial charge in [-0.1, -0.05) is 17.7 Å². The minimum Gasteiger partial charge on any atom is -0.323 e. The molecule has 0 bridgehead atoms. The Hall–Kier alpha value is -3.10. The van der Waals surface area contributed by atoms with Gasteiger partial charge in [0.2, 0.25) is 0 Å². The molecule has 0 saturated heterocycles. The average molecular weight is 424 g/mol. The van der Waals surface area contributed by atoms with Crippen LogP contribution in [0.1, 0.15) is 31.3 Å². The third kappa shape index (κ3) is 5.53. The second-order valence-corrected chi connectivity index (χ2v) is 7.65. The molecule has 164 valence electrons. The molecular weight excluding hydrogens is 393 g/mol. The molecular formula is C23H30FN7. The molecule has 1 aromatic carbocycles. The van der Waals surface area contributed by atoms with E-state index in [-0.39, 0.29) is 11.9 Å². The Bertz CT molecular complexity index is 1070. The fraction of sp³-hybridized carbons (Fsp3) is 0.348. The van der Waals surface area contributed by atoms with E-state index in [4.69, 9.17) is 10.1 Å². The number of benzene rings is 1. The fourth-order valence-corrected chi connectivity index (χ4v) is 3.37. The van der Waals surface area contributed by atoms with Crippen LogP contribution < -0.4 is 10.6 Å². The molecule has 0 aliphatic heterocycles. The number of aromatic nitrogens is 3. The number of likely N-dealkylation sites (N-methyl/N-ethyl adjacent to an activating group) is 2. The molecule has 2 aromatic heterocycles. The molecule has 0 radical (unpaired) electrons. The molecule has 0 aliphatic carbocycles. The molecule has 0 fully saturated rings. The lowest BCUT2D eigenvalue weighted by molar-refractivity contribution is 0.269. The average Bonchev–Trinajstić information content (AvgIpc) is 3.22. The van der Waals surface area contributed by atoms with Crippen LogP contribution in [-0.4, -0.2) is 59.6 Å². The van der Waals surface area contributed by atoms with Gasteiger partial charge in [0, 0.05) is 26.3 Å². The van der Waals surface area contributed by atoms with Gasteiger partial charge in [-0.2, -0.15) is 5.10 Å². The number of fused-ring (bicyclic) bond motifs is 1. The van der Waals surface area contributed by atoms with Gasteiger partial charge >= 0.3 is 0 Å². The summed E-state index contributed by atoms with van der Waals surface area (Å²) in [6, 6.07) is 10.2. The van der Waals surface area contributed by atoms with Crippen molar-refractivity contribution in [2.24, 2.45) is 4.99 Å². The van der Waals surface area contributed by atoms with Crippen molar-refractivity contribution in [3.8, 4) is 0 Å². The van der Waals surface area contributed by atoms with Crippen LogP contribution in [0.15, 0.2) is 59.2 Å². The van der Waals surface area contributed by atoms with Crippen molar-refractivity contribution in [1.29, 1.82) is 0 Å². The fourth-order valence-electron chi connectivity index (χ4n) is 3.37. The van der Waals surface area contributed by atoms with Gasteiger partial charge in [0.1, 0.15) is 17.2 Å². The Morgan fingerprint density at radius 1 is 1.26 bits per heavy atom. The summed E-state index contributed by atoms with van der Waals surface area (Å²) in [5.41, 5.74) is 2.90. The van der Waals surface area contributed by atoms with E-state index in [0.717, 1.165) is 35.6 Å². The van der Waals surface area contributed by atoms with E-state index in [2.05, 4.69) is 20.5 Å². The van der Waals surface area contributed by atoms with Gasteiger partial charge in [-0.25, -0.2) is 13.9 Å². The van der Waals surface area contributed by atoms with Crippen molar-refractivity contribution in [2.75, 3.05) is 39.5 Å². The van der Waals surface area contributed by atoms with Gasteiger partial charge in [-0.3, -0.25) is 9.89 Å². The quantitative estimate of drug-likeness (QED) is 0.429. The molecule has 8 heteroatoms. The summed E-state index contributed by atoms with van der Waals surface area (Å²) in [5, 5.41) is 11.3. The largest absolute Gasteiger partial charge is 0.323 e. The molecule has 3 aromatic rings. The molecule has 3 rings (SSSR count). The maximum absolute atomic E-state index is 13.6. The van der Waals surface area contributed by atoms with Crippen LogP contribution in [0.5, 0.6) is 0 Å². The normalized spacial score (nSPS) is 12.9. The smallest absolute Gasteiger partial charge is 0.173 e. The van der Waals surface area contributed by atoms with Crippen LogP contribution in [0.3, 0.4) is 0 Å². The number of aliphatic imine (C=N–C) groups is 1. The number of hydrogen-bond acceptors (Lipinski definition) is 5. The molecule has 0 saturated carbocycles. The maximum Gasteiger partial charge on any atom is 0.173 e. The third-order valence-corrected chi connectivity index (χ3v) is 4.91. The molecule has 0 aliphatic rings. The first kappa shape index (κ1) is 22.6. The van der Waals surface area contributed by atoms with Crippen LogP contribution in [-0.2, 0) is 0 Å². The SMILES string of the molecule is CN=C(C=C(C)C)Nc1nc(C(c2ccc(F)cc2)N(C)CCNC)nn2cccc12. The number of rotatable bonds is 8.